The van der Waals surface area contributed by atoms with E-state index in [9.17, 15) is 9.50 Å². The zero-order valence-corrected chi connectivity index (χ0v) is 14.1. The smallest absolute Gasteiger partial charge is 0.164 e. The predicted octanol–water partition coefficient (Wildman–Crippen LogP) is 4.01. The van der Waals surface area contributed by atoms with Crippen LogP contribution >= 0.6 is 0 Å². The quantitative estimate of drug-likeness (QED) is 0.729. The van der Waals surface area contributed by atoms with Crippen LogP contribution in [-0.4, -0.2) is 28.3 Å². The molecule has 0 saturated heterocycles. The fourth-order valence-electron chi connectivity index (χ4n) is 2.40. The number of nitrogens with one attached hydrogen (secondary N) is 1. The molecule has 0 aliphatic heterocycles. The summed E-state index contributed by atoms with van der Waals surface area (Å²) in [7, 11) is 1.57. The van der Waals surface area contributed by atoms with E-state index in [0.29, 0.717) is 33.9 Å². The highest BCUT2D eigenvalue weighted by Crippen LogP contribution is 2.35. The summed E-state index contributed by atoms with van der Waals surface area (Å²) in [5, 5.41) is 13.3. The van der Waals surface area contributed by atoms with Gasteiger partial charge >= 0.3 is 0 Å². The molecule has 3 aromatic rings. The number of hydrogen-bond donors (Lipinski definition) is 2. The number of anilines is 2. The first-order chi connectivity index (χ1) is 12.0. The highest BCUT2D eigenvalue weighted by atomic mass is 19.1. The zero-order valence-electron chi connectivity index (χ0n) is 14.1. The second-order valence-electron chi connectivity index (χ2n) is 5.70. The molecule has 0 unspecified atom stereocenters. The molecule has 0 amide bonds. The van der Waals surface area contributed by atoms with Crippen molar-refractivity contribution in [1.29, 1.82) is 0 Å². The van der Waals surface area contributed by atoms with E-state index in [4.69, 9.17) is 9.47 Å². The topological polar surface area (TPSA) is 76.5 Å². The van der Waals surface area contributed by atoms with Gasteiger partial charge in [-0.15, -0.1) is 0 Å². The molecule has 7 heteroatoms. The second-order valence-corrected chi connectivity index (χ2v) is 5.70. The third-order valence-corrected chi connectivity index (χ3v) is 3.49. The van der Waals surface area contributed by atoms with E-state index < -0.39 is 11.6 Å². The Hall–Kier alpha value is -3.09. The van der Waals surface area contributed by atoms with Crippen molar-refractivity contribution in [1.82, 2.24) is 9.97 Å². The molecule has 0 saturated carbocycles. The molecule has 1 aromatic heterocycles. The van der Waals surface area contributed by atoms with Crippen molar-refractivity contribution in [3.63, 3.8) is 0 Å². The maximum Gasteiger partial charge on any atom is 0.164 e. The summed E-state index contributed by atoms with van der Waals surface area (Å²) in [6, 6.07) is 7.54. The van der Waals surface area contributed by atoms with Crippen LogP contribution in [0.1, 0.15) is 13.8 Å². The predicted molar refractivity (Wildman–Crippen MR) is 93.2 cm³/mol. The fourth-order valence-corrected chi connectivity index (χ4v) is 2.40. The molecule has 0 aliphatic carbocycles. The molecule has 2 aromatic carbocycles. The van der Waals surface area contributed by atoms with Crippen LogP contribution in [0.25, 0.3) is 10.9 Å². The van der Waals surface area contributed by atoms with Crippen molar-refractivity contribution in [2.45, 2.75) is 20.0 Å². The third-order valence-electron chi connectivity index (χ3n) is 3.49. The number of hydrogen-bond acceptors (Lipinski definition) is 6. The third kappa shape index (κ3) is 3.55. The fraction of sp³-hybridized carbons (Fsp3) is 0.222. The van der Waals surface area contributed by atoms with Gasteiger partial charge in [-0.3, -0.25) is 0 Å². The van der Waals surface area contributed by atoms with Gasteiger partial charge < -0.3 is 19.9 Å². The van der Waals surface area contributed by atoms with E-state index in [1.54, 1.807) is 19.2 Å². The highest BCUT2D eigenvalue weighted by Gasteiger charge is 2.13. The zero-order chi connectivity index (χ0) is 18.0. The first-order valence-corrected chi connectivity index (χ1v) is 7.73. The van der Waals surface area contributed by atoms with Gasteiger partial charge in [0.2, 0.25) is 0 Å². The van der Waals surface area contributed by atoms with Crippen molar-refractivity contribution in [2.75, 3.05) is 12.4 Å². The highest BCUT2D eigenvalue weighted by molar-refractivity contribution is 5.93. The Kier molecular flexibility index (Phi) is 4.56. The SMILES string of the molecule is COc1cc2ncnc(Nc3ccc(F)c(O)c3)c2cc1OC(C)C. The lowest BCUT2D eigenvalue weighted by molar-refractivity contribution is 0.230. The van der Waals surface area contributed by atoms with Gasteiger partial charge in [0.1, 0.15) is 12.1 Å². The number of halogens is 1. The Morgan fingerprint density at radius 2 is 1.92 bits per heavy atom. The van der Waals surface area contributed by atoms with Crippen molar-refractivity contribution < 1.29 is 19.0 Å². The van der Waals surface area contributed by atoms with Crippen LogP contribution in [0.15, 0.2) is 36.7 Å². The first-order valence-electron chi connectivity index (χ1n) is 7.73. The molecule has 25 heavy (non-hydrogen) atoms. The molecule has 1 heterocycles. The molecular formula is C18H18FN3O3. The van der Waals surface area contributed by atoms with Gasteiger partial charge in [-0.25, -0.2) is 14.4 Å². The molecule has 0 bridgehead atoms. The van der Waals surface area contributed by atoms with Crippen molar-refractivity contribution >= 4 is 22.4 Å². The minimum Gasteiger partial charge on any atom is -0.505 e. The number of ether oxygens (including phenoxy) is 2. The van der Waals surface area contributed by atoms with Crippen LogP contribution in [0.4, 0.5) is 15.9 Å². The van der Waals surface area contributed by atoms with Gasteiger partial charge in [0.15, 0.2) is 23.1 Å². The second kappa shape index (κ2) is 6.80. The minimum atomic E-state index is -0.685. The largest absolute Gasteiger partial charge is 0.505 e. The number of rotatable bonds is 5. The van der Waals surface area contributed by atoms with E-state index in [1.165, 1.54) is 24.5 Å². The summed E-state index contributed by atoms with van der Waals surface area (Å²) in [5.74, 6) is 0.534. The molecule has 130 valence electrons. The van der Waals surface area contributed by atoms with Gasteiger partial charge in [0.05, 0.1) is 18.7 Å². The molecule has 0 fully saturated rings. The van der Waals surface area contributed by atoms with Gasteiger partial charge in [0.25, 0.3) is 0 Å². The Morgan fingerprint density at radius 3 is 2.60 bits per heavy atom. The molecule has 3 rings (SSSR count). The molecule has 0 atom stereocenters. The van der Waals surface area contributed by atoms with Crippen LogP contribution < -0.4 is 14.8 Å². The lowest BCUT2D eigenvalue weighted by Gasteiger charge is -2.15. The Bertz CT molecular complexity index is 915. The van der Waals surface area contributed by atoms with Crippen LogP contribution in [-0.2, 0) is 0 Å². The molecule has 0 aliphatic rings. The van der Waals surface area contributed by atoms with E-state index in [2.05, 4.69) is 15.3 Å². The van der Waals surface area contributed by atoms with E-state index in [0.717, 1.165) is 0 Å². The Labute approximate surface area is 144 Å². The number of phenols is 1. The summed E-state index contributed by atoms with van der Waals surface area (Å²) >= 11 is 0. The number of nitrogens with zero attached hydrogens (tertiary/aromatic N) is 2. The van der Waals surface area contributed by atoms with E-state index >= 15 is 0 Å². The average Bonchev–Trinajstić information content (AvgIpc) is 2.57. The van der Waals surface area contributed by atoms with Gasteiger partial charge in [0, 0.05) is 23.2 Å². The number of phenolic OH excluding ortho intramolecular Hbond substituents is 1. The summed E-state index contributed by atoms with van der Waals surface area (Å²) in [6.07, 6.45) is 1.39. The number of fused-ring (bicyclic) bond motifs is 1. The summed E-state index contributed by atoms with van der Waals surface area (Å²) in [4.78, 5) is 8.48. The monoisotopic (exact) mass is 343 g/mol. The molecule has 2 N–H and O–H groups in total. The first kappa shape index (κ1) is 16.8. The van der Waals surface area contributed by atoms with E-state index in [-0.39, 0.29) is 6.10 Å². The molecule has 6 nitrogen and oxygen atoms in total. The number of aromatic nitrogens is 2. The van der Waals surface area contributed by atoms with Crippen LogP contribution in [0.2, 0.25) is 0 Å². The van der Waals surface area contributed by atoms with Gasteiger partial charge in [-0.2, -0.15) is 0 Å². The minimum absolute atomic E-state index is 0.0264. The van der Waals surface area contributed by atoms with Crippen molar-refractivity contribution in [3.05, 3.63) is 42.5 Å². The van der Waals surface area contributed by atoms with E-state index in [1.807, 2.05) is 13.8 Å². The van der Waals surface area contributed by atoms with Crippen LogP contribution in [0, 0.1) is 5.82 Å². The lowest BCUT2D eigenvalue weighted by Crippen LogP contribution is -2.07. The molecular weight excluding hydrogens is 325 g/mol. The Balaban J connectivity index is 2.06. The summed E-state index contributed by atoms with van der Waals surface area (Å²) in [6.45, 7) is 3.84. The summed E-state index contributed by atoms with van der Waals surface area (Å²) in [5.41, 5.74) is 1.16. The molecule has 0 spiro atoms. The average molecular weight is 343 g/mol. The summed E-state index contributed by atoms with van der Waals surface area (Å²) < 4.78 is 24.4. The maximum atomic E-state index is 13.2. The van der Waals surface area contributed by atoms with Crippen LogP contribution in [0.5, 0.6) is 17.2 Å². The number of aromatic hydroxyl groups is 1. The van der Waals surface area contributed by atoms with Gasteiger partial charge in [-0.05, 0) is 32.0 Å². The molecule has 0 radical (unpaired) electrons. The van der Waals surface area contributed by atoms with Crippen LogP contribution in [0.3, 0.4) is 0 Å². The van der Waals surface area contributed by atoms with Crippen molar-refractivity contribution in [2.24, 2.45) is 0 Å². The van der Waals surface area contributed by atoms with Crippen molar-refractivity contribution in [3.8, 4) is 17.2 Å². The lowest BCUT2D eigenvalue weighted by atomic mass is 10.2. The normalized spacial score (nSPS) is 10.9. The number of methoxy groups -OCH3 is 1. The number of benzene rings is 2. The Morgan fingerprint density at radius 1 is 1.12 bits per heavy atom. The standard InChI is InChI=1S/C18H18FN3O3/c1-10(2)25-17-7-12-14(8-16(17)24-3)20-9-21-18(12)22-11-4-5-13(19)15(23)6-11/h4-10,23H,1-3H3,(H,20,21,22). The maximum absolute atomic E-state index is 13.2. The van der Waals surface area contributed by atoms with Gasteiger partial charge in [-0.1, -0.05) is 0 Å².